The second-order valence-electron chi connectivity index (χ2n) is 4.69. The predicted octanol–water partition coefficient (Wildman–Crippen LogP) is -0.880. The number of hydrogen-bond donors (Lipinski definition) is 3. The molecule has 4 rings (SSSR count). The van der Waals surface area contributed by atoms with Gasteiger partial charge in [-0.25, -0.2) is 19.4 Å². The van der Waals surface area contributed by atoms with E-state index < -0.39 is 38.6 Å². The number of fused-ring (bicyclic) bond motifs is 1. The summed E-state index contributed by atoms with van der Waals surface area (Å²) in [6.07, 6.45) is -2.66. The molecule has 1 fully saturated rings. The van der Waals surface area contributed by atoms with Crippen molar-refractivity contribution in [3.63, 3.8) is 0 Å². The highest BCUT2D eigenvalue weighted by Gasteiger charge is 2.50. The first kappa shape index (κ1) is 13.0. The molecule has 21 heavy (non-hydrogen) atoms. The van der Waals surface area contributed by atoms with Gasteiger partial charge in [0.1, 0.15) is 12.3 Å². The second kappa shape index (κ2) is 4.18. The maximum atomic E-state index is 12.1. The summed E-state index contributed by atoms with van der Waals surface area (Å²) in [6, 6.07) is 0. The molecule has 0 amide bonds. The van der Waals surface area contributed by atoms with Crippen molar-refractivity contribution in [3.8, 4) is 11.6 Å². The number of rotatable bonds is 2. The third-order valence-corrected chi connectivity index (χ3v) is 4.49. The summed E-state index contributed by atoms with van der Waals surface area (Å²) in [5.74, 6) is -0.212. The van der Waals surface area contributed by atoms with Gasteiger partial charge in [0.2, 0.25) is 11.6 Å². The quantitative estimate of drug-likeness (QED) is 0.588. The molecule has 1 aromatic rings. The van der Waals surface area contributed by atoms with E-state index in [0.717, 1.165) is 4.57 Å². The fraction of sp³-hybridized carbons (Fsp3) is 0.556. The van der Waals surface area contributed by atoms with Gasteiger partial charge in [0.15, 0.2) is 0 Å². The number of phosphoric ester groups is 1. The van der Waals surface area contributed by atoms with Crippen LogP contribution in [0.3, 0.4) is 0 Å². The van der Waals surface area contributed by atoms with E-state index in [1.165, 1.54) is 0 Å². The van der Waals surface area contributed by atoms with Gasteiger partial charge in [-0.15, -0.1) is 4.62 Å². The molecule has 4 heterocycles. The third-order valence-electron chi connectivity index (χ3n) is 3.37. The maximum absolute atomic E-state index is 12.1. The van der Waals surface area contributed by atoms with Crippen molar-refractivity contribution in [3.05, 3.63) is 10.5 Å². The summed E-state index contributed by atoms with van der Waals surface area (Å²) in [7, 11) is -3.86. The molecule has 0 radical (unpaired) electrons. The lowest BCUT2D eigenvalue weighted by molar-refractivity contribution is -0.0470. The van der Waals surface area contributed by atoms with Gasteiger partial charge < -0.3 is 24.0 Å². The maximum Gasteiger partial charge on any atom is 0.611 e. The van der Waals surface area contributed by atoms with Gasteiger partial charge in [0.05, 0.1) is 12.7 Å². The summed E-state index contributed by atoms with van der Waals surface area (Å²) in [5.41, 5.74) is 1.47. The highest BCUT2D eigenvalue weighted by molar-refractivity contribution is 7.49. The molecule has 4 unspecified atom stereocenters. The molecular weight excluding hydrogens is 309 g/mol. The van der Waals surface area contributed by atoms with Crippen LogP contribution < -0.4 is 20.2 Å². The van der Waals surface area contributed by atoms with Crippen molar-refractivity contribution in [2.45, 2.75) is 24.9 Å². The monoisotopic (exact) mass is 319 g/mol. The molecule has 12 heteroatoms. The lowest BCUT2D eigenvalue weighted by atomic mass is 10.2. The van der Waals surface area contributed by atoms with Crippen LogP contribution in [0, 0.1) is 0 Å². The van der Waals surface area contributed by atoms with E-state index >= 15 is 0 Å². The number of aromatic nitrogens is 2. The van der Waals surface area contributed by atoms with E-state index in [-0.39, 0.29) is 23.9 Å². The average Bonchev–Trinajstić information content (AvgIpc) is 2.94. The molecule has 0 aromatic carbocycles. The zero-order chi connectivity index (χ0) is 14.8. The Balaban J connectivity index is 1.81. The normalized spacial score (nSPS) is 36.0. The van der Waals surface area contributed by atoms with Crippen LogP contribution in [0.1, 0.15) is 12.6 Å². The van der Waals surface area contributed by atoms with Crippen molar-refractivity contribution >= 4 is 13.6 Å². The van der Waals surface area contributed by atoms with Crippen LogP contribution in [-0.2, 0) is 13.9 Å². The van der Waals surface area contributed by atoms with E-state index in [0.29, 0.717) is 0 Å². The standard InChI is InChI=1S/C9H10N3O8P/c13-2-4-3(14)1-5(17-4)12-8-6-7(10-9(12)15)11-20-21(16,18-6)19-8/h3-5,13-14H,1-2H2,(H,10,11,15). The summed E-state index contributed by atoms with van der Waals surface area (Å²) in [5, 5.41) is 18.8. The molecule has 2 bridgehead atoms. The molecule has 1 aromatic heterocycles. The molecule has 0 spiro atoms. The average molecular weight is 319 g/mol. The predicted molar refractivity (Wildman–Crippen MR) is 63.7 cm³/mol. The van der Waals surface area contributed by atoms with Crippen molar-refractivity contribution < 1.29 is 33.2 Å². The van der Waals surface area contributed by atoms with Gasteiger partial charge in [-0.1, -0.05) is 0 Å². The Kier molecular flexibility index (Phi) is 2.60. The minimum Gasteiger partial charge on any atom is -0.394 e. The van der Waals surface area contributed by atoms with E-state index in [1.807, 2.05) is 0 Å². The Bertz CT molecular complexity index is 720. The Morgan fingerprint density at radius 1 is 1.48 bits per heavy atom. The molecule has 1 saturated heterocycles. The fourth-order valence-electron chi connectivity index (χ4n) is 2.40. The molecule has 4 atom stereocenters. The van der Waals surface area contributed by atoms with E-state index in [4.69, 9.17) is 18.9 Å². The number of aliphatic hydroxyl groups excluding tert-OH is 2. The van der Waals surface area contributed by atoms with Crippen molar-refractivity contribution in [2.24, 2.45) is 0 Å². The Hall–Kier alpha value is -1.65. The SMILES string of the molecule is O=c1nc2c3c(n1C1CC(O)C(CO)O1)OP(=O)(ON2)O3. The number of phosphoric acid groups is 1. The van der Waals surface area contributed by atoms with Gasteiger partial charge in [0.25, 0.3) is 5.88 Å². The second-order valence-corrected chi connectivity index (χ2v) is 6.13. The zero-order valence-electron chi connectivity index (χ0n) is 10.3. The van der Waals surface area contributed by atoms with Gasteiger partial charge >= 0.3 is 13.5 Å². The number of anilines is 1. The number of ether oxygens (including phenoxy) is 1. The highest BCUT2D eigenvalue weighted by atomic mass is 31.2. The number of hydrogen-bond acceptors (Lipinski definition) is 10. The van der Waals surface area contributed by atoms with E-state index in [9.17, 15) is 14.5 Å². The lowest BCUT2D eigenvalue weighted by Crippen LogP contribution is -2.28. The number of nitrogens with one attached hydrogen (secondary N) is 1. The first-order valence-electron chi connectivity index (χ1n) is 6.05. The summed E-state index contributed by atoms with van der Waals surface area (Å²) < 4.78 is 33.1. The van der Waals surface area contributed by atoms with Crippen LogP contribution in [0.5, 0.6) is 11.6 Å². The van der Waals surface area contributed by atoms with E-state index in [1.54, 1.807) is 0 Å². The van der Waals surface area contributed by atoms with Gasteiger partial charge in [-0.05, 0) is 0 Å². The lowest BCUT2D eigenvalue weighted by Gasteiger charge is -2.16. The highest BCUT2D eigenvalue weighted by Crippen LogP contribution is 2.63. The van der Waals surface area contributed by atoms with Gasteiger partial charge in [0, 0.05) is 6.42 Å². The number of aliphatic hydroxyl groups is 2. The van der Waals surface area contributed by atoms with Crippen LogP contribution in [0.4, 0.5) is 5.82 Å². The smallest absolute Gasteiger partial charge is 0.394 e. The Labute approximate surface area is 116 Å². The largest absolute Gasteiger partial charge is 0.611 e. The minimum absolute atomic E-state index is 0.0188. The van der Waals surface area contributed by atoms with Crippen molar-refractivity contribution in [1.82, 2.24) is 9.55 Å². The van der Waals surface area contributed by atoms with Gasteiger partial charge in [-0.3, -0.25) is 0 Å². The van der Waals surface area contributed by atoms with Crippen molar-refractivity contribution in [2.75, 3.05) is 12.1 Å². The molecule has 114 valence electrons. The zero-order valence-corrected chi connectivity index (χ0v) is 11.2. The fourth-order valence-corrected chi connectivity index (χ4v) is 3.48. The van der Waals surface area contributed by atoms with Crippen LogP contribution in [-0.4, -0.2) is 38.6 Å². The first-order chi connectivity index (χ1) is 10.0. The molecular formula is C9H10N3O8P. The van der Waals surface area contributed by atoms with Crippen LogP contribution in [0.2, 0.25) is 0 Å². The third kappa shape index (κ3) is 1.79. The van der Waals surface area contributed by atoms with Crippen LogP contribution in [0.25, 0.3) is 0 Å². The van der Waals surface area contributed by atoms with Crippen LogP contribution >= 0.6 is 7.82 Å². The first-order valence-corrected chi connectivity index (χ1v) is 7.51. The van der Waals surface area contributed by atoms with E-state index in [2.05, 4.69) is 15.1 Å². The summed E-state index contributed by atoms with van der Waals surface area (Å²) in [4.78, 5) is 15.8. The Morgan fingerprint density at radius 3 is 3.00 bits per heavy atom. The van der Waals surface area contributed by atoms with Gasteiger partial charge in [-0.2, -0.15) is 4.98 Å². The summed E-state index contributed by atoms with van der Waals surface area (Å²) in [6.45, 7) is -0.402. The number of nitrogens with zero attached hydrogens (tertiary/aromatic N) is 2. The molecule has 0 aliphatic carbocycles. The molecule has 3 aliphatic rings. The molecule has 3 aliphatic heterocycles. The molecule has 0 saturated carbocycles. The van der Waals surface area contributed by atoms with Crippen molar-refractivity contribution in [1.29, 1.82) is 0 Å². The van der Waals surface area contributed by atoms with Crippen LogP contribution in [0.15, 0.2) is 4.79 Å². The minimum atomic E-state index is -3.86. The molecule has 11 nitrogen and oxygen atoms in total. The Morgan fingerprint density at radius 2 is 2.29 bits per heavy atom. The summed E-state index contributed by atoms with van der Waals surface area (Å²) >= 11 is 0. The molecule has 3 N–H and O–H groups in total. The topological polar surface area (TPSA) is 141 Å².